The Bertz CT molecular complexity index is 981. The highest BCUT2D eigenvalue weighted by Crippen LogP contribution is 2.32. The minimum atomic E-state index is -0.166. The summed E-state index contributed by atoms with van der Waals surface area (Å²) in [6.45, 7) is 1.06. The van der Waals surface area contributed by atoms with E-state index >= 15 is 0 Å². The van der Waals surface area contributed by atoms with Crippen molar-refractivity contribution < 1.29 is 14.0 Å². The standard InChI is InChI=1S/C19H17ClN4O3S/c20-15-4-2-1-3-14(15)17-22-23-19(28-17)21-16(25)12-5-8-24(9-6-12)18(26)13-7-10-27-11-13/h1-4,7,10-12H,5-6,8-9H2,(H,21,23,25). The van der Waals surface area contributed by atoms with Crippen molar-refractivity contribution in [2.24, 2.45) is 5.92 Å². The summed E-state index contributed by atoms with van der Waals surface area (Å²) in [4.78, 5) is 26.6. The summed E-state index contributed by atoms with van der Waals surface area (Å²) in [5, 5.41) is 12.7. The maximum absolute atomic E-state index is 12.6. The summed E-state index contributed by atoms with van der Waals surface area (Å²) in [6.07, 6.45) is 4.12. The van der Waals surface area contributed by atoms with Crippen molar-refractivity contribution in [3.63, 3.8) is 0 Å². The SMILES string of the molecule is O=C(Nc1nnc(-c2ccccc2Cl)s1)C1CCN(C(=O)c2ccoc2)CC1. The van der Waals surface area contributed by atoms with Crippen molar-refractivity contribution in [1.29, 1.82) is 0 Å². The molecule has 4 rings (SSSR count). The number of nitrogens with zero attached hydrogens (tertiary/aromatic N) is 3. The molecule has 0 atom stereocenters. The number of benzene rings is 1. The van der Waals surface area contributed by atoms with Gasteiger partial charge in [-0.3, -0.25) is 9.59 Å². The third kappa shape index (κ3) is 3.93. The third-order valence-electron chi connectivity index (χ3n) is 4.68. The van der Waals surface area contributed by atoms with E-state index in [1.165, 1.54) is 23.9 Å². The van der Waals surface area contributed by atoms with Gasteiger partial charge in [0.15, 0.2) is 5.01 Å². The lowest BCUT2D eigenvalue weighted by Crippen LogP contribution is -2.41. The number of likely N-dealkylation sites (tertiary alicyclic amines) is 1. The second-order valence-electron chi connectivity index (χ2n) is 6.46. The number of aromatic nitrogens is 2. The van der Waals surface area contributed by atoms with Crippen LogP contribution in [0.4, 0.5) is 5.13 Å². The number of amides is 2. The molecule has 0 aliphatic carbocycles. The van der Waals surface area contributed by atoms with Crippen LogP contribution in [0.25, 0.3) is 10.6 Å². The fourth-order valence-electron chi connectivity index (χ4n) is 3.14. The summed E-state index contributed by atoms with van der Waals surface area (Å²) < 4.78 is 4.96. The van der Waals surface area contributed by atoms with Crippen LogP contribution < -0.4 is 5.32 Å². The number of hydrogen-bond acceptors (Lipinski definition) is 6. The van der Waals surface area contributed by atoms with Crippen LogP contribution >= 0.6 is 22.9 Å². The normalized spacial score (nSPS) is 14.8. The van der Waals surface area contributed by atoms with Crippen molar-refractivity contribution >= 4 is 39.9 Å². The highest BCUT2D eigenvalue weighted by molar-refractivity contribution is 7.18. The van der Waals surface area contributed by atoms with Crippen LogP contribution in [0.15, 0.2) is 47.3 Å². The van der Waals surface area contributed by atoms with E-state index in [1.54, 1.807) is 17.0 Å². The Kier molecular flexibility index (Phi) is 5.40. The van der Waals surface area contributed by atoms with Crippen LogP contribution in [0.2, 0.25) is 5.02 Å². The Morgan fingerprint density at radius 2 is 1.96 bits per heavy atom. The van der Waals surface area contributed by atoms with E-state index in [9.17, 15) is 9.59 Å². The van der Waals surface area contributed by atoms with Crippen LogP contribution in [-0.2, 0) is 4.79 Å². The number of hydrogen-bond donors (Lipinski definition) is 1. The van der Waals surface area contributed by atoms with Crippen LogP contribution in [0.1, 0.15) is 23.2 Å². The van der Waals surface area contributed by atoms with Gasteiger partial charge in [0.1, 0.15) is 6.26 Å². The molecule has 9 heteroatoms. The summed E-state index contributed by atoms with van der Waals surface area (Å²) in [5.74, 6) is -0.334. The monoisotopic (exact) mass is 416 g/mol. The van der Waals surface area contributed by atoms with Gasteiger partial charge in [-0.1, -0.05) is 41.1 Å². The summed E-state index contributed by atoms with van der Waals surface area (Å²) in [6, 6.07) is 9.02. The van der Waals surface area contributed by atoms with Crippen LogP contribution in [0.3, 0.4) is 0 Å². The van der Waals surface area contributed by atoms with Gasteiger partial charge < -0.3 is 14.6 Å². The zero-order chi connectivity index (χ0) is 19.5. The smallest absolute Gasteiger partial charge is 0.257 e. The van der Waals surface area contributed by atoms with E-state index in [0.29, 0.717) is 46.7 Å². The van der Waals surface area contributed by atoms with Gasteiger partial charge in [-0.05, 0) is 25.0 Å². The lowest BCUT2D eigenvalue weighted by molar-refractivity contribution is -0.121. The van der Waals surface area contributed by atoms with E-state index in [-0.39, 0.29) is 17.7 Å². The van der Waals surface area contributed by atoms with Gasteiger partial charge in [0.05, 0.1) is 16.8 Å². The highest BCUT2D eigenvalue weighted by Gasteiger charge is 2.28. The first-order chi connectivity index (χ1) is 13.6. The minimum absolute atomic E-state index is 0.0684. The van der Waals surface area contributed by atoms with Gasteiger partial charge >= 0.3 is 0 Å². The van der Waals surface area contributed by atoms with E-state index < -0.39 is 0 Å². The molecule has 1 fully saturated rings. The van der Waals surface area contributed by atoms with Gasteiger partial charge in [-0.15, -0.1) is 10.2 Å². The van der Waals surface area contributed by atoms with Gasteiger partial charge in [0, 0.05) is 24.6 Å². The molecule has 0 saturated carbocycles. The molecule has 1 aliphatic heterocycles. The van der Waals surface area contributed by atoms with Crippen molar-refractivity contribution in [3.8, 4) is 10.6 Å². The number of furan rings is 1. The highest BCUT2D eigenvalue weighted by atomic mass is 35.5. The van der Waals surface area contributed by atoms with E-state index in [4.69, 9.17) is 16.0 Å². The molecule has 7 nitrogen and oxygen atoms in total. The molecule has 0 spiro atoms. The molecule has 1 saturated heterocycles. The topological polar surface area (TPSA) is 88.3 Å². The van der Waals surface area contributed by atoms with E-state index in [2.05, 4.69) is 15.5 Å². The molecule has 2 aromatic heterocycles. The lowest BCUT2D eigenvalue weighted by Gasteiger charge is -2.30. The van der Waals surface area contributed by atoms with E-state index in [0.717, 1.165) is 5.56 Å². The van der Waals surface area contributed by atoms with Gasteiger partial charge in [-0.25, -0.2) is 0 Å². The van der Waals surface area contributed by atoms with Crippen molar-refractivity contribution in [1.82, 2.24) is 15.1 Å². The molecule has 0 radical (unpaired) electrons. The average molecular weight is 417 g/mol. The fourth-order valence-corrected chi connectivity index (χ4v) is 4.21. The molecule has 1 aromatic carbocycles. The number of halogens is 1. The third-order valence-corrected chi connectivity index (χ3v) is 5.88. The van der Waals surface area contributed by atoms with E-state index in [1.807, 2.05) is 18.2 Å². The Morgan fingerprint density at radius 1 is 1.18 bits per heavy atom. The fraction of sp³-hybridized carbons (Fsp3) is 0.263. The van der Waals surface area contributed by atoms with Crippen molar-refractivity contribution in [2.45, 2.75) is 12.8 Å². The Labute approximate surface area is 170 Å². The first-order valence-corrected chi connectivity index (χ1v) is 10.0. The largest absolute Gasteiger partial charge is 0.472 e. The lowest BCUT2D eigenvalue weighted by atomic mass is 9.95. The first-order valence-electron chi connectivity index (χ1n) is 8.82. The van der Waals surface area contributed by atoms with Crippen molar-refractivity contribution in [2.75, 3.05) is 18.4 Å². The quantitative estimate of drug-likeness (QED) is 0.695. The van der Waals surface area contributed by atoms with Crippen LogP contribution in [0.5, 0.6) is 0 Å². The summed E-state index contributed by atoms with van der Waals surface area (Å²) in [7, 11) is 0. The summed E-state index contributed by atoms with van der Waals surface area (Å²) in [5.41, 5.74) is 1.32. The second-order valence-corrected chi connectivity index (χ2v) is 7.84. The second kappa shape index (κ2) is 8.12. The van der Waals surface area contributed by atoms with Gasteiger partial charge in [0.2, 0.25) is 11.0 Å². The number of carbonyl (C=O) groups excluding carboxylic acids is 2. The number of piperidine rings is 1. The first kappa shape index (κ1) is 18.6. The molecule has 1 N–H and O–H groups in total. The Hall–Kier alpha value is -2.71. The molecule has 1 aliphatic rings. The molecule has 28 heavy (non-hydrogen) atoms. The predicted molar refractivity (Wildman–Crippen MR) is 106 cm³/mol. The van der Waals surface area contributed by atoms with Gasteiger partial charge in [0.25, 0.3) is 5.91 Å². The molecule has 144 valence electrons. The number of nitrogens with one attached hydrogen (secondary N) is 1. The Morgan fingerprint density at radius 3 is 2.68 bits per heavy atom. The van der Waals surface area contributed by atoms with Crippen molar-refractivity contribution in [3.05, 3.63) is 53.4 Å². The molecule has 0 bridgehead atoms. The molecule has 3 aromatic rings. The molecule has 0 unspecified atom stereocenters. The molecular formula is C19H17ClN4O3S. The Balaban J connectivity index is 1.34. The maximum Gasteiger partial charge on any atom is 0.257 e. The molecule has 3 heterocycles. The molecular weight excluding hydrogens is 400 g/mol. The maximum atomic E-state index is 12.6. The van der Waals surface area contributed by atoms with Crippen LogP contribution in [-0.4, -0.2) is 40.0 Å². The summed E-state index contributed by atoms with van der Waals surface area (Å²) >= 11 is 7.47. The average Bonchev–Trinajstić information content (AvgIpc) is 3.40. The number of rotatable bonds is 4. The number of carbonyl (C=O) groups is 2. The zero-order valence-electron chi connectivity index (χ0n) is 14.8. The minimum Gasteiger partial charge on any atom is -0.472 e. The predicted octanol–water partition coefficient (Wildman–Crippen LogP) is 3.94. The molecule has 2 amide bonds. The van der Waals surface area contributed by atoms with Crippen LogP contribution in [0, 0.1) is 5.92 Å². The number of anilines is 1. The zero-order valence-corrected chi connectivity index (χ0v) is 16.4. The van der Waals surface area contributed by atoms with Gasteiger partial charge in [-0.2, -0.15) is 0 Å².